The van der Waals surface area contributed by atoms with Gasteiger partial charge in [0.2, 0.25) is 0 Å². The van der Waals surface area contributed by atoms with Crippen LogP contribution >= 0.6 is 0 Å². The zero-order valence-electron chi connectivity index (χ0n) is 10.9. The molecule has 19 heavy (non-hydrogen) atoms. The van der Waals surface area contributed by atoms with Gasteiger partial charge in [0.05, 0.1) is 5.69 Å². The monoisotopic (exact) mass is 263 g/mol. The van der Waals surface area contributed by atoms with E-state index in [-0.39, 0.29) is 5.69 Å². The van der Waals surface area contributed by atoms with Crippen LogP contribution in [0.25, 0.3) is 0 Å². The summed E-state index contributed by atoms with van der Waals surface area (Å²) in [5, 5.41) is 12.6. The molecule has 1 aromatic rings. The highest BCUT2D eigenvalue weighted by Gasteiger charge is 2.43. The van der Waals surface area contributed by atoms with Crippen molar-refractivity contribution in [3.05, 3.63) is 22.8 Å². The van der Waals surface area contributed by atoms with E-state index in [0.29, 0.717) is 18.8 Å². The lowest BCUT2D eigenvalue weighted by atomic mass is 9.79. The number of fused-ring (bicyclic) bond motifs is 1. The molecule has 0 aromatic carbocycles. The summed E-state index contributed by atoms with van der Waals surface area (Å²) in [6, 6.07) is 0. The van der Waals surface area contributed by atoms with Crippen LogP contribution in [0.1, 0.15) is 46.8 Å². The van der Waals surface area contributed by atoms with Crippen molar-refractivity contribution in [2.24, 2.45) is 0 Å². The van der Waals surface area contributed by atoms with Gasteiger partial charge in [-0.1, -0.05) is 0 Å². The third-order valence-electron chi connectivity index (χ3n) is 4.10. The van der Waals surface area contributed by atoms with Crippen LogP contribution in [0.5, 0.6) is 0 Å². The second-order valence-electron chi connectivity index (χ2n) is 5.10. The third-order valence-corrected chi connectivity index (χ3v) is 4.10. The van der Waals surface area contributed by atoms with Gasteiger partial charge in [-0.2, -0.15) is 0 Å². The highest BCUT2D eigenvalue weighted by molar-refractivity contribution is 5.87. The normalized spacial score (nSPS) is 20.5. The van der Waals surface area contributed by atoms with Gasteiger partial charge in [-0.25, -0.2) is 14.8 Å². The largest absolute Gasteiger partial charge is 0.477 e. The molecular weight excluding hydrogens is 246 g/mol. The first-order valence-electron chi connectivity index (χ1n) is 6.56. The molecule has 2 heterocycles. The molecule has 1 aliphatic heterocycles. The molecule has 1 fully saturated rings. The van der Waals surface area contributed by atoms with E-state index >= 15 is 0 Å². The Bertz CT molecular complexity index is 521. The van der Waals surface area contributed by atoms with Crippen LogP contribution in [-0.4, -0.2) is 34.7 Å². The molecule has 1 aliphatic carbocycles. The van der Waals surface area contributed by atoms with Crippen LogP contribution < -0.4 is 5.32 Å². The average Bonchev–Trinajstić information content (AvgIpc) is 2.37. The van der Waals surface area contributed by atoms with Crippen LogP contribution in [0.15, 0.2) is 0 Å². The van der Waals surface area contributed by atoms with E-state index < -0.39 is 11.6 Å². The number of ether oxygens (including phenoxy) is 1. The lowest BCUT2D eigenvalue weighted by Gasteiger charge is -2.39. The Morgan fingerprint density at radius 1 is 1.42 bits per heavy atom. The van der Waals surface area contributed by atoms with Gasteiger partial charge < -0.3 is 15.2 Å². The van der Waals surface area contributed by atoms with E-state index in [0.717, 1.165) is 37.1 Å². The smallest absolute Gasteiger partial charge is 0.354 e. The maximum Gasteiger partial charge on any atom is 0.354 e. The van der Waals surface area contributed by atoms with Gasteiger partial charge >= 0.3 is 5.97 Å². The minimum absolute atomic E-state index is 0.143. The second kappa shape index (κ2) is 4.54. The number of methoxy groups -OCH3 is 1. The first kappa shape index (κ1) is 12.5. The first-order chi connectivity index (χ1) is 9.16. The number of hydrogen-bond donors (Lipinski definition) is 2. The Balaban J connectivity index is 2.11. The van der Waals surface area contributed by atoms with Crippen molar-refractivity contribution in [3.63, 3.8) is 0 Å². The molecule has 0 bridgehead atoms. The highest BCUT2D eigenvalue weighted by atomic mass is 16.5. The Labute approximate surface area is 111 Å². The number of carbonyl (C=O) groups is 1. The first-order valence-corrected chi connectivity index (χ1v) is 6.56. The highest BCUT2D eigenvalue weighted by Crippen LogP contribution is 2.43. The number of aromatic nitrogens is 2. The van der Waals surface area contributed by atoms with Gasteiger partial charge in [0.15, 0.2) is 11.5 Å². The fraction of sp³-hybridized carbons (Fsp3) is 0.615. The molecular formula is C13H17N3O3. The van der Waals surface area contributed by atoms with Crippen molar-refractivity contribution in [3.8, 4) is 0 Å². The molecule has 6 nitrogen and oxygen atoms in total. The number of aromatic carboxylic acids is 1. The van der Waals surface area contributed by atoms with Crippen molar-refractivity contribution in [1.29, 1.82) is 0 Å². The summed E-state index contributed by atoms with van der Waals surface area (Å²) in [5.41, 5.74) is 1.24. The molecule has 6 heteroatoms. The summed E-state index contributed by atoms with van der Waals surface area (Å²) in [4.78, 5) is 20.2. The SMILES string of the molecule is COC1(c2nc3c(c(C(=O)O)n2)CCNC3)CCC1. The quantitative estimate of drug-likeness (QED) is 0.841. The summed E-state index contributed by atoms with van der Waals surface area (Å²) in [6.07, 6.45) is 3.44. The predicted octanol–water partition coefficient (Wildman–Crippen LogP) is 0.846. The van der Waals surface area contributed by atoms with E-state index in [1.165, 1.54) is 0 Å². The fourth-order valence-electron chi connectivity index (χ4n) is 2.76. The minimum Gasteiger partial charge on any atom is -0.477 e. The van der Waals surface area contributed by atoms with E-state index in [4.69, 9.17) is 4.74 Å². The number of nitrogens with zero attached hydrogens (tertiary/aromatic N) is 2. The van der Waals surface area contributed by atoms with Crippen LogP contribution in [0.3, 0.4) is 0 Å². The van der Waals surface area contributed by atoms with Crippen molar-refractivity contribution >= 4 is 5.97 Å². The number of carboxylic acids is 1. The molecule has 102 valence electrons. The van der Waals surface area contributed by atoms with Gasteiger partial charge in [0.1, 0.15) is 5.60 Å². The maximum atomic E-state index is 11.4. The van der Waals surface area contributed by atoms with Crippen molar-refractivity contribution in [1.82, 2.24) is 15.3 Å². The van der Waals surface area contributed by atoms with Gasteiger partial charge in [0.25, 0.3) is 0 Å². The second-order valence-corrected chi connectivity index (χ2v) is 5.10. The molecule has 1 aromatic heterocycles. The Kier molecular flexibility index (Phi) is 2.99. The minimum atomic E-state index is -0.979. The molecule has 0 radical (unpaired) electrons. The number of nitrogens with one attached hydrogen (secondary N) is 1. The van der Waals surface area contributed by atoms with Crippen LogP contribution in [0.2, 0.25) is 0 Å². The molecule has 2 N–H and O–H groups in total. The van der Waals surface area contributed by atoms with E-state index in [1.54, 1.807) is 7.11 Å². The molecule has 1 saturated carbocycles. The molecule has 2 aliphatic rings. The predicted molar refractivity (Wildman–Crippen MR) is 66.9 cm³/mol. The summed E-state index contributed by atoms with van der Waals surface area (Å²) in [7, 11) is 1.64. The molecule has 0 spiro atoms. The van der Waals surface area contributed by atoms with Crippen molar-refractivity contribution in [2.75, 3.05) is 13.7 Å². The Hall–Kier alpha value is -1.53. The van der Waals surface area contributed by atoms with Crippen molar-refractivity contribution < 1.29 is 14.6 Å². The van der Waals surface area contributed by atoms with E-state index in [2.05, 4.69) is 15.3 Å². The maximum absolute atomic E-state index is 11.4. The van der Waals surface area contributed by atoms with Crippen LogP contribution in [0, 0.1) is 0 Å². The lowest BCUT2D eigenvalue weighted by Crippen LogP contribution is -2.40. The van der Waals surface area contributed by atoms with E-state index in [9.17, 15) is 9.90 Å². The topological polar surface area (TPSA) is 84.3 Å². The lowest BCUT2D eigenvalue weighted by molar-refractivity contribution is -0.0849. The fourth-order valence-corrected chi connectivity index (χ4v) is 2.76. The number of hydrogen-bond acceptors (Lipinski definition) is 5. The third kappa shape index (κ3) is 1.91. The number of rotatable bonds is 3. The van der Waals surface area contributed by atoms with Crippen LogP contribution in [-0.2, 0) is 23.3 Å². The van der Waals surface area contributed by atoms with E-state index in [1.807, 2.05) is 0 Å². The molecule has 0 atom stereocenters. The van der Waals surface area contributed by atoms with Gasteiger partial charge in [-0.15, -0.1) is 0 Å². The average molecular weight is 263 g/mol. The molecule has 0 saturated heterocycles. The molecule has 0 amide bonds. The molecule has 3 rings (SSSR count). The van der Waals surface area contributed by atoms with Gasteiger partial charge in [0, 0.05) is 19.2 Å². The van der Waals surface area contributed by atoms with Crippen LogP contribution in [0.4, 0.5) is 0 Å². The summed E-state index contributed by atoms with van der Waals surface area (Å²) in [6.45, 7) is 1.37. The zero-order chi connectivity index (χ0) is 13.5. The summed E-state index contributed by atoms with van der Waals surface area (Å²) >= 11 is 0. The standard InChI is InChI=1S/C13H17N3O3/c1-19-13(4-2-5-13)12-15-9-7-14-6-3-8(9)10(16-12)11(17)18/h14H,2-7H2,1H3,(H,17,18). The number of carboxylic acid groups (broad SMARTS) is 1. The van der Waals surface area contributed by atoms with Gasteiger partial charge in [-0.3, -0.25) is 0 Å². The Morgan fingerprint density at radius 3 is 2.79 bits per heavy atom. The molecule has 0 unspecified atom stereocenters. The summed E-state index contributed by atoms with van der Waals surface area (Å²) in [5.74, 6) is -0.450. The van der Waals surface area contributed by atoms with Gasteiger partial charge in [-0.05, 0) is 32.2 Å². The Morgan fingerprint density at radius 2 is 2.21 bits per heavy atom. The zero-order valence-corrected chi connectivity index (χ0v) is 10.9. The summed E-state index contributed by atoms with van der Waals surface area (Å²) < 4.78 is 5.55. The van der Waals surface area contributed by atoms with Crippen molar-refractivity contribution in [2.45, 2.75) is 37.8 Å².